The Morgan fingerprint density at radius 3 is 2.44 bits per heavy atom. The summed E-state index contributed by atoms with van der Waals surface area (Å²) in [5.74, 6) is -0.0895. The molecule has 6 heteroatoms. The fourth-order valence-corrected chi connectivity index (χ4v) is 4.37. The molecule has 1 aliphatic carbocycles. The molecule has 1 heterocycles. The van der Waals surface area contributed by atoms with Crippen LogP contribution >= 0.6 is 24.8 Å². The zero-order valence-electron chi connectivity index (χ0n) is 14.8. The molecule has 1 aromatic rings. The number of benzene rings is 1. The number of carboxylic acids is 1. The minimum atomic E-state index is -0.717. The van der Waals surface area contributed by atoms with Gasteiger partial charge in [0.05, 0.1) is 6.54 Å². The average Bonchev–Trinajstić information content (AvgIpc) is 2.57. The van der Waals surface area contributed by atoms with Gasteiger partial charge in [-0.25, -0.2) is 0 Å². The molecule has 0 radical (unpaired) electrons. The molecule has 0 aromatic heterocycles. The van der Waals surface area contributed by atoms with E-state index < -0.39 is 5.97 Å². The van der Waals surface area contributed by atoms with Crippen molar-refractivity contribution in [3.8, 4) is 0 Å². The second-order valence-corrected chi connectivity index (χ2v) is 7.08. The van der Waals surface area contributed by atoms with Gasteiger partial charge in [0.25, 0.3) is 0 Å². The molecule has 1 aromatic carbocycles. The first-order valence-corrected chi connectivity index (χ1v) is 8.90. The third-order valence-electron chi connectivity index (χ3n) is 5.56. The molecule has 142 valence electrons. The van der Waals surface area contributed by atoms with Gasteiger partial charge in [0.15, 0.2) is 0 Å². The predicted octanol–water partition coefficient (Wildman–Crippen LogP) is 3.65. The Morgan fingerprint density at radius 2 is 1.80 bits per heavy atom. The molecule has 0 amide bonds. The first-order chi connectivity index (χ1) is 11.1. The van der Waals surface area contributed by atoms with Gasteiger partial charge in [0.2, 0.25) is 0 Å². The first kappa shape index (κ1) is 22.2. The molecule has 1 aliphatic heterocycles. The molecule has 3 rings (SSSR count). The van der Waals surface area contributed by atoms with Crippen molar-refractivity contribution in [1.82, 2.24) is 9.80 Å². The lowest BCUT2D eigenvalue weighted by Crippen LogP contribution is -2.57. The van der Waals surface area contributed by atoms with Crippen LogP contribution in [0.2, 0.25) is 0 Å². The van der Waals surface area contributed by atoms with Crippen LogP contribution in [0.4, 0.5) is 0 Å². The number of halogens is 2. The monoisotopic (exact) mass is 388 g/mol. The highest BCUT2D eigenvalue weighted by molar-refractivity contribution is 5.85. The molecule has 0 bridgehead atoms. The first-order valence-electron chi connectivity index (χ1n) is 8.90. The maximum atomic E-state index is 11.0. The van der Waals surface area contributed by atoms with Crippen LogP contribution in [0.25, 0.3) is 0 Å². The minimum Gasteiger partial charge on any atom is -0.480 e. The van der Waals surface area contributed by atoms with Gasteiger partial charge in [0, 0.05) is 31.7 Å². The Bertz CT molecular complexity index is 529. The maximum absolute atomic E-state index is 11.0. The number of rotatable bonds is 4. The van der Waals surface area contributed by atoms with Crippen LogP contribution in [-0.2, 0) is 4.79 Å². The van der Waals surface area contributed by atoms with E-state index in [1.165, 1.54) is 31.2 Å². The summed E-state index contributed by atoms with van der Waals surface area (Å²) in [5.41, 5.74) is 1.47. The summed E-state index contributed by atoms with van der Waals surface area (Å²) in [6.45, 7) is 5.18. The van der Waals surface area contributed by atoms with Crippen molar-refractivity contribution in [3.05, 3.63) is 35.9 Å². The third-order valence-corrected chi connectivity index (χ3v) is 5.56. The van der Waals surface area contributed by atoms with Crippen LogP contribution in [0.15, 0.2) is 30.3 Å². The van der Waals surface area contributed by atoms with Crippen molar-refractivity contribution in [1.29, 1.82) is 0 Å². The maximum Gasteiger partial charge on any atom is 0.317 e. The van der Waals surface area contributed by atoms with Crippen LogP contribution in [0.3, 0.4) is 0 Å². The molecule has 1 saturated carbocycles. The van der Waals surface area contributed by atoms with Gasteiger partial charge in [-0.3, -0.25) is 14.6 Å². The van der Waals surface area contributed by atoms with Gasteiger partial charge in [-0.1, -0.05) is 43.2 Å². The SMILES string of the molecule is CC1CN(C2CCCCC2c2ccccc2)CCN1CC(=O)O.Cl.Cl. The lowest BCUT2D eigenvalue weighted by Gasteiger charge is -2.46. The summed E-state index contributed by atoms with van der Waals surface area (Å²) < 4.78 is 0. The van der Waals surface area contributed by atoms with Crippen molar-refractivity contribution in [2.24, 2.45) is 0 Å². The normalized spacial score (nSPS) is 27.8. The summed E-state index contributed by atoms with van der Waals surface area (Å²) in [4.78, 5) is 15.7. The van der Waals surface area contributed by atoms with Crippen molar-refractivity contribution < 1.29 is 9.90 Å². The van der Waals surface area contributed by atoms with E-state index in [9.17, 15) is 4.79 Å². The number of aliphatic carboxylic acids is 1. The Labute approximate surface area is 163 Å². The third kappa shape index (κ3) is 5.58. The molecule has 3 unspecified atom stereocenters. The molecular formula is C19H30Cl2N2O2. The molecular weight excluding hydrogens is 359 g/mol. The van der Waals surface area contributed by atoms with Gasteiger partial charge in [-0.15, -0.1) is 24.8 Å². The van der Waals surface area contributed by atoms with Crippen LogP contribution < -0.4 is 0 Å². The standard InChI is InChI=1S/C19H28N2O2.2ClH/c1-15-13-21(12-11-20(15)14-19(22)23)18-10-6-5-9-17(18)16-7-3-2-4-8-16;;/h2-4,7-8,15,17-18H,5-6,9-14H2,1H3,(H,22,23);2*1H. The van der Waals surface area contributed by atoms with Crippen molar-refractivity contribution in [2.45, 2.75) is 50.6 Å². The summed E-state index contributed by atoms with van der Waals surface area (Å²) in [5, 5.41) is 9.03. The lowest BCUT2D eigenvalue weighted by molar-refractivity contribution is -0.139. The number of hydrogen-bond donors (Lipinski definition) is 1. The Balaban J connectivity index is 0.00000156. The van der Waals surface area contributed by atoms with Gasteiger partial charge >= 0.3 is 5.97 Å². The van der Waals surface area contributed by atoms with Crippen molar-refractivity contribution in [3.63, 3.8) is 0 Å². The van der Waals surface area contributed by atoms with E-state index in [0.717, 1.165) is 19.6 Å². The number of carbonyl (C=O) groups is 1. The van der Waals surface area contributed by atoms with Crippen molar-refractivity contribution in [2.75, 3.05) is 26.2 Å². The van der Waals surface area contributed by atoms with Crippen LogP contribution in [-0.4, -0.2) is 59.1 Å². The van der Waals surface area contributed by atoms with E-state index in [0.29, 0.717) is 18.0 Å². The van der Waals surface area contributed by atoms with E-state index in [1.54, 1.807) is 0 Å². The summed E-state index contributed by atoms with van der Waals surface area (Å²) in [6.07, 6.45) is 5.19. The largest absolute Gasteiger partial charge is 0.480 e. The summed E-state index contributed by atoms with van der Waals surface area (Å²) in [7, 11) is 0. The Kier molecular flexibility index (Phi) is 9.22. The van der Waals surface area contributed by atoms with E-state index in [-0.39, 0.29) is 31.4 Å². The van der Waals surface area contributed by atoms with Gasteiger partial charge in [0.1, 0.15) is 0 Å². The number of hydrogen-bond acceptors (Lipinski definition) is 3. The number of piperazine rings is 1. The number of nitrogens with zero attached hydrogens (tertiary/aromatic N) is 2. The Morgan fingerprint density at radius 1 is 1.12 bits per heavy atom. The number of carboxylic acid groups (broad SMARTS) is 1. The van der Waals surface area contributed by atoms with E-state index >= 15 is 0 Å². The second kappa shape index (κ2) is 10.4. The molecule has 4 nitrogen and oxygen atoms in total. The van der Waals surface area contributed by atoms with Crippen LogP contribution in [0.1, 0.15) is 44.1 Å². The predicted molar refractivity (Wildman–Crippen MR) is 106 cm³/mol. The highest BCUT2D eigenvalue weighted by atomic mass is 35.5. The lowest BCUT2D eigenvalue weighted by atomic mass is 9.79. The van der Waals surface area contributed by atoms with Gasteiger partial charge in [-0.05, 0) is 31.2 Å². The highest BCUT2D eigenvalue weighted by Gasteiger charge is 2.35. The van der Waals surface area contributed by atoms with E-state index in [1.807, 2.05) is 0 Å². The second-order valence-electron chi connectivity index (χ2n) is 7.08. The molecule has 3 atom stereocenters. The average molecular weight is 389 g/mol. The summed E-state index contributed by atoms with van der Waals surface area (Å²) >= 11 is 0. The zero-order valence-corrected chi connectivity index (χ0v) is 16.5. The molecule has 25 heavy (non-hydrogen) atoms. The van der Waals surface area contributed by atoms with Crippen molar-refractivity contribution >= 4 is 30.8 Å². The highest BCUT2D eigenvalue weighted by Crippen LogP contribution is 2.36. The van der Waals surface area contributed by atoms with Crippen LogP contribution in [0, 0.1) is 0 Å². The zero-order chi connectivity index (χ0) is 16.2. The Hall–Kier alpha value is -0.810. The van der Waals surface area contributed by atoms with Gasteiger partial charge < -0.3 is 5.11 Å². The van der Waals surface area contributed by atoms with Gasteiger partial charge in [-0.2, -0.15) is 0 Å². The van der Waals surface area contributed by atoms with E-state index in [4.69, 9.17) is 5.11 Å². The topological polar surface area (TPSA) is 43.8 Å². The molecule has 2 aliphatic rings. The summed E-state index contributed by atoms with van der Waals surface area (Å²) in [6, 6.07) is 11.9. The minimum absolute atomic E-state index is 0. The smallest absolute Gasteiger partial charge is 0.317 e. The molecule has 2 fully saturated rings. The fourth-order valence-electron chi connectivity index (χ4n) is 4.37. The van der Waals surface area contributed by atoms with E-state index in [2.05, 4.69) is 47.1 Å². The fraction of sp³-hybridized carbons (Fsp3) is 0.632. The molecule has 0 spiro atoms. The molecule has 1 saturated heterocycles. The van der Waals surface area contributed by atoms with Crippen LogP contribution in [0.5, 0.6) is 0 Å². The quantitative estimate of drug-likeness (QED) is 0.854. The molecule has 1 N–H and O–H groups in total.